The van der Waals surface area contributed by atoms with Crippen LogP contribution in [0.3, 0.4) is 0 Å². The van der Waals surface area contributed by atoms with Gasteiger partial charge < -0.3 is 4.90 Å². The third-order valence-corrected chi connectivity index (χ3v) is 2.82. The lowest BCUT2D eigenvalue weighted by Crippen LogP contribution is -2.12. The molecule has 0 amide bonds. The Bertz CT molecular complexity index is 296. The Labute approximate surface area is 78.8 Å². The van der Waals surface area contributed by atoms with E-state index >= 15 is 0 Å². The van der Waals surface area contributed by atoms with Gasteiger partial charge in [-0.05, 0) is 23.6 Å². The quantitative estimate of drug-likeness (QED) is 0.646. The number of thiol groups is 1. The number of likely N-dealkylation sites (N-methyl/N-ethyl adjacent to an activating group) is 1. The molecule has 0 saturated heterocycles. The van der Waals surface area contributed by atoms with E-state index in [1.807, 2.05) is 0 Å². The highest BCUT2D eigenvalue weighted by atomic mass is 32.1. The Morgan fingerprint density at radius 1 is 1.50 bits per heavy atom. The van der Waals surface area contributed by atoms with Gasteiger partial charge in [-0.3, -0.25) is 0 Å². The van der Waals surface area contributed by atoms with Crippen molar-refractivity contribution in [1.82, 2.24) is 0 Å². The summed E-state index contributed by atoms with van der Waals surface area (Å²) in [5.41, 5.74) is 4.19. The molecule has 0 spiro atoms. The van der Waals surface area contributed by atoms with E-state index in [9.17, 15) is 0 Å². The molecule has 2 rings (SSSR count). The van der Waals surface area contributed by atoms with Gasteiger partial charge in [0, 0.05) is 25.0 Å². The highest BCUT2D eigenvalue weighted by molar-refractivity contribution is 7.79. The third-order valence-electron chi connectivity index (χ3n) is 2.45. The van der Waals surface area contributed by atoms with E-state index in [0.29, 0.717) is 0 Å². The maximum atomic E-state index is 4.26. The molecule has 1 heterocycles. The molecule has 0 unspecified atom stereocenters. The highest BCUT2D eigenvalue weighted by Crippen LogP contribution is 2.27. The zero-order valence-electron chi connectivity index (χ0n) is 7.25. The Morgan fingerprint density at radius 3 is 3.08 bits per heavy atom. The summed E-state index contributed by atoms with van der Waals surface area (Å²) in [6, 6.07) is 6.63. The van der Waals surface area contributed by atoms with E-state index < -0.39 is 0 Å². The number of benzene rings is 1. The monoisotopic (exact) mass is 179 g/mol. The first-order chi connectivity index (χ1) is 5.81. The van der Waals surface area contributed by atoms with Crippen LogP contribution in [0.4, 0.5) is 5.69 Å². The fraction of sp³-hybridized carbons (Fsp3) is 0.400. The van der Waals surface area contributed by atoms with Crippen LogP contribution in [0.15, 0.2) is 18.2 Å². The third kappa shape index (κ3) is 1.20. The number of hydrogen-bond donors (Lipinski definition) is 1. The van der Waals surface area contributed by atoms with Crippen molar-refractivity contribution in [1.29, 1.82) is 0 Å². The lowest BCUT2D eigenvalue weighted by Gasteiger charge is -2.11. The van der Waals surface area contributed by atoms with Gasteiger partial charge in [0.15, 0.2) is 0 Å². The van der Waals surface area contributed by atoms with Gasteiger partial charge in [0.2, 0.25) is 0 Å². The summed E-state index contributed by atoms with van der Waals surface area (Å²) in [5, 5.41) is 0. The summed E-state index contributed by atoms with van der Waals surface area (Å²) < 4.78 is 0. The van der Waals surface area contributed by atoms with Crippen molar-refractivity contribution in [2.75, 3.05) is 18.5 Å². The molecule has 0 fully saturated rings. The number of fused-ring (bicyclic) bond motifs is 1. The van der Waals surface area contributed by atoms with Crippen LogP contribution in [0.5, 0.6) is 0 Å². The van der Waals surface area contributed by atoms with Crippen LogP contribution in [0, 0.1) is 0 Å². The van der Waals surface area contributed by atoms with Crippen molar-refractivity contribution in [2.45, 2.75) is 12.2 Å². The molecule has 0 aromatic heterocycles. The summed E-state index contributed by atoms with van der Waals surface area (Å²) >= 11 is 4.26. The van der Waals surface area contributed by atoms with Crippen LogP contribution < -0.4 is 4.90 Å². The molecule has 0 bridgehead atoms. The molecular weight excluding hydrogens is 166 g/mol. The Kier molecular flexibility index (Phi) is 2.01. The molecule has 0 saturated carbocycles. The van der Waals surface area contributed by atoms with Crippen molar-refractivity contribution in [3.8, 4) is 0 Å². The van der Waals surface area contributed by atoms with E-state index in [1.54, 1.807) is 0 Å². The molecule has 1 aliphatic rings. The van der Waals surface area contributed by atoms with Crippen LogP contribution in [0.25, 0.3) is 0 Å². The molecule has 0 aliphatic carbocycles. The average Bonchev–Trinajstić information content (AvgIpc) is 2.47. The molecule has 0 N–H and O–H groups in total. The largest absolute Gasteiger partial charge is 0.374 e. The first-order valence-electron chi connectivity index (χ1n) is 4.25. The number of nitrogens with zero attached hydrogens (tertiary/aromatic N) is 1. The predicted octanol–water partition coefficient (Wildman–Crippen LogP) is 2.11. The van der Waals surface area contributed by atoms with Crippen molar-refractivity contribution >= 4 is 18.3 Å². The molecule has 1 aromatic carbocycles. The van der Waals surface area contributed by atoms with Gasteiger partial charge in [-0.25, -0.2) is 0 Å². The van der Waals surface area contributed by atoms with E-state index in [2.05, 4.69) is 42.8 Å². The first kappa shape index (κ1) is 7.99. The molecule has 0 radical (unpaired) electrons. The molecule has 64 valence electrons. The van der Waals surface area contributed by atoms with Gasteiger partial charge in [0.05, 0.1) is 0 Å². The summed E-state index contributed by atoms with van der Waals surface area (Å²) in [6.45, 7) is 1.16. The molecule has 1 aromatic rings. The van der Waals surface area contributed by atoms with Crippen LogP contribution in [-0.2, 0) is 12.2 Å². The summed E-state index contributed by atoms with van der Waals surface area (Å²) in [4.78, 5) is 2.30. The van der Waals surface area contributed by atoms with Gasteiger partial charge in [0.1, 0.15) is 0 Å². The smallest absolute Gasteiger partial charge is 0.0397 e. The minimum absolute atomic E-state index is 0.844. The van der Waals surface area contributed by atoms with Crippen molar-refractivity contribution < 1.29 is 0 Å². The Morgan fingerprint density at radius 2 is 2.33 bits per heavy atom. The maximum Gasteiger partial charge on any atom is 0.0397 e. The van der Waals surface area contributed by atoms with Crippen LogP contribution in [-0.4, -0.2) is 13.6 Å². The summed E-state index contributed by atoms with van der Waals surface area (Å²) in [7, 11) is 2.15. The highest BCUT2D eigenvalue weighted by Gasteiger charge is 2.14. The lowest BCUT2D eigenvalue weighted by molar-refractivity contribution is 0.956. The summed E-state index contributed by atoms with van der Waals surface area (Å²) in [6.07, 6.45) is 1.19. The number of hydrogen-bond acceptors (Lipinski definition) is 2. The fourth-order valence-electron chi connectivity index (χ4n) is 1.72. The average molecular weight is 179 g/mol. The zero-order chi connectivity index (χ0) is 8.55. The second kappa shape index (κ2) is 3.02. The number of anilines is 1. The van der Waals surface area contributed by atoms with Crippen LogP contribution >= 0.6 is 12.6 Å². The molecular formula is C10H13NS. The van der Waals surface area contributed by atoms with Crippen molar-refractivity contribution in [3.63, 3.8) is 0 Å². The zero-order valence-corrected chi connectivity index (χ0v) is 8.14. The normalized spacial score (nSPS) is 15.0. The minimum Gasteiger partial charge on any atom is -0.374 e. The first-order valence-corrected chi connectivity index (χ1v) is 4.88. The van der Waals surface area contributed by atoms with Gasteiger partial charge >= 0.3 is 0 Å². The SMILES string of the molecule is CN1CCc2cc(CS)ccc21. The Hall–Kier alpha value is -0.630. The molecule has 1 aliphatic heterocycles. The van der Waals surface area contributed by atoms with Crippen molar-refractivity contribution in [2.24, 2.45) is 0 Å². The fourth-order valence-corrected chi connectivity index (χ4v) is 1.92. The topological polar surface area (TPSA) is 3.24 Å². The maximum absolute atomic E-state index is 4.26. The van der Waals surface area contributed by atoms with E-state index in [-0.39, 0.29) is 0 Å². The lowest BCUT2D eigenvalue weighted by atomic mass is 10.1. The van der Waals surface area contributed by atoms with E-state index in [0.717, 1.165) is 12.3 Å². The van der Waals surface area contributed by atoms with Crippen LogP contribution in [0.1, 0.15) is 11.1 Å². The molecule has 2 heteroatoms. The van der Waals surface area contributed by atoms with E-state index in [4.69, 9.17) is 0 Å². The van der Waals surface area contributed by atoms with Gasteiger partial charge in [-0.2, -0.15) is 12.6 Å². The second-order valence-corrected chi connectivity index (χ2v) is 3.61. The molecule has 1 nitrogen and oxygen atoms in total. The molecule has 0 atom stereocenters. The minimum atomic E-state index is 0.844. The van der Waals surface area contributed by atoms with Gasteiger partial charge in [-0.1, -0.05) is 12.1 Å². The Balaban J connectivity index is 2.41. The van der Waals surface area contributed by atoms with E-state index in [1.165, 1.54) is 23.2 Å². The van der Waals surface area contributed by atoms with Crippen LogP contribution in [0.2, 0.25) is 0 Å². The molecule has 12 heavy (non-hydrogen) atoms. The standard InChI is InChI=1S/C10H13NS/c1-11-5-4-9-6-8(7-12)2-3-10(9)11/h2-3,6,12H,4-5,7H2,1H3. The van der Waals surface area contributed by atoms with Crippen molar-refractivity contribution in [3.05, 3.63) is 29.3 Å². The second-order valence-electron chi connectivity index (χ2n) is 3.29. The van der Waals surface area contributed by atoms with Gasteiger partial charge in [-0.15, -0.1) is 0 Å². The number of rotatable bonds is 1. The predicted molar refractivity (Wildman–Crippen MR) is 56.1 cm³/mol. The van der Waals surface area contributed by atoms with Gasteiger partial charge in [0.25, 0.3) is 0 Å². The summed E-state index contributed by atoms with van der Waals surface area (Å²) in [5.74, 6) is 0.844.